The van der Waals surface area contributed by atoms with Gasteiger partial charge < -0.3 is 10.5 Å². The second kappa shape index (κ2) is 13.4. The van der Waals surface area contributed by atoms with Crippen LogP contribution in [0.1, 0.15) is 39.5 Å². The number of hydrogen-bond acceptors (Lipinski definition) is 4. The third-order valence-corrected chi connectivity index (χ3v) is 4.22. The van der Waals surface area contributed by atoms with Crippen molar-refractivity contribution in [1.82, 2.24) is 9.03 Å². The number of aliphatic imine (C=N–C) groups is 1. The first-order chi connectivity index (χ1) is 8.70. The smallest absolute Gasteiger partial charge is 0.198 e. The van der Waals surface area contributed by atoms with Crippen LogP contribution >= 0.6 is 23.9 Å². The molecule has 0 bridgehead atoms. The number of nitrogens with zero attached hydrogens (tertiary/aromatic N) is 2. The lowest BCUT2D eigenvalue weighted by molar-refractivity contribution is 0.576. The van der Waals surface area contributed by atoms with Crippen LogP contribution in [0.15, 0.2) is 4.99 Å². The van der Waals surface area contributed by atoms with Crippen LogP contribution in [0.5, 0.6) is 0 Å². The van der Waals surface area contributed by atoms with Crippen molar-refractivity contribution in [3.63, 3.8) is 0 Å². The van der Waals surface area contributed by atoms with Crippen LogP contribution < -0.4 is 10.5 Å². The molecule has 0 amide bonds. The van der Waals surface area contributed by atoms with Crippen LogP contribution in [-0.4, -0.2) is 41.9 Å². The molecule has 0 saturated carbocycles. The average Bonchev–Trinajstić information content (AvgIpc) is 2.35. The van der Waals surface area contributed by atoms with Crippen molar-refractivity contribution < 1.29 is 0 Å². The predicted molar refractivity (Wildman–Crippen MR) is 87.0 cm³/mol. The molecule has 108 valence electrons. The highest BCUT2D eigenvalue weighted by Gasteiger charge is 1.98. The van der Waals surface area contributed by atoms with Gasteiger partial charge in [-0.15, -0.1) is 0 Å². The maximum absolute atomic E-state index is 5.76. The molecule has 0 unspecified atom stereocenters. The summed E-state index contributed by atoms with van der Waals surface area (Å²) < 4.78 is 5.30. The molecule has 0 aliphatic carbocycles. The van der Waals surface area contributed by atoms with E-state index >= 15 is 0 Å². The number of likely N-dealkylation sites (N-methyl/N-ethyl adjacent to an activating group) is 1. The van der Waals surface area contributed by atoms with Crippen LogP contribution in [0.3, 0.4) is 0 Å². The molecule has 0 aromatic rings. The summed E-state index contributed by atoms with van der Waals surface area (Å²) in [4.78, 5) is 4.30. The van der Waals surface area contributed by atoms with Crippen molar-refractivity contribution in [3.05, 3.63) is 0 Å². The molecule has 0 saturated heterocycles. The lowest BCUT2D eigenvalue weighted by Gasteiger charge is -2.13. The lowest BCUT2D eigenvalue weighted by Crippen LogP contribution is -2.27. The van der Waals surface area contributed by atoms with E-state index in [1.54, 1.807) is 11.9 Å². The fraction of sp³-hybridized carbons (Fsp3) is 0.917. The molecule has 0 rings (SSSR count). The van der Waals surface area contributed by atoms with Gasteiger partial charge in [0, 0.05) is 18.1 Å². The fourth-order valence-corrected chi connectivity index (χ4v) is 2.80. The SMILES string of the molecule is CCCCSNC(N)=NCCN(C)SCCCC. The van der Waals surface area contributed by atoms with Crippen molar-refractivity contribution in [2.24, 2.45) is 10.7 Å². The summed E-state index contributed by atoms with van der Waals surface area (Å²) in [5.74, 6) is 2.82. The zero-order valence-electron chi connectivity index (χ0n) is 11.9. The van der Waals surface area contributed by atoms with Gasteiger partial charge >= 0.3 is 0 Å². The molecule has 6 heteroatoms. The van der Waals surface area contributed by atoms with E-state index in [2.05, 4.69) is 34.9 Å². The third kappa shape index (κ3) is 12.4. The molecule has 0 fully saturated rings. The Morgan fingerprint density at radius 3 is 2.56 bits per heavy atom. The Balaban J connectivity index is 3.48. The first-order valence-corrected chi connectivity index (χ1v) is 8.65. The molecule has 0 aliphatic rings. The van der Waals surface area contributed by atoms with Crippen molar-refractivity contribution in [2.75, 3.05) is 31.6 Å². The molecular formula is C12H28N4S2. The minimum atomic E-state index is 0.545. The number of nitrogens with two attached hydrogens (primary N) is 1. The summed E-state index contributed by atoms with van der Waals surface area (Å²) in [6.45, 7) is 6.09. The zero-order valence-corrected chi connectivity index (χ0v) is 13.6. The van der Waals surface area contributed by atoms with Gasteiger partial charge in [0.25, 0.3) is 0 Å². The van der Waals surface area contributed by atoms with Crippen molar-refractivity contribution in [3.8, 4) is 0 Å². The van der Waals surface area contributed by atoms with Crippen LogP contribution in [0.4, 0.5) is 0 Å². The van der Waals surface area contributed by atoms with Crippen molar-refractivity contribution in [1.29, 1.82) is 0 Å². The van der Waals surface area contributed by atoms with Gasteiger partial charge in [0.1, 0.15) is 0 Å². The van der Waals surface area contributed by atoms with Gasteiger partial charge in [-0.3, -0.25) is 9.30 Å². The Morgan fingerprint density at radius 1 is 1.22 bits per heavy atom. The summed E-state index contributed by atoms with van der Waals surface area (Å²) in [5.41, 5.74) is 5.76. The average molecular weight is 293 g/mol. The van der Waals surface area contributed by atoms with E-state index in [-0.39, 0.29) is 0 Å². The molecule has 0 atom stereocenters. The van der Waals surface area contributed by atoms with Gasteiger partial charge in [-0.1, -0.05) is 50.6 Å². The first-order valence-electron chi connectivity index (χ1n) is 6.72. The molecule has 3 N–H and O–H groups in total. The minimum Gasteiger partial charge on any atom is -0.369 e. The topological polar surface area (TPSA) is 53.6 Å². The van der Waals surface area contributed by atoms with Gasteiger partial charge in [-0.25, -0.2) is 0 Å². The summed E-state index contributed by atoms with van der Waals surface area (Å²) in [5, 5.41) is 0. The molecule has 0 aromatic heterocycles. The second-order valence-corrected chi connectivity index (χ2v) is 6.30. The van der Waals surface area contributed by atoms with E-state index in [0.717, 1.165) is 18.8 Å². The molecule has 0 aromatic carbocycles. The quantitative estimate of drug-likeness (QED) is 0.265. The molecule has 0 aliphatic heterocycles. The highest BCUT2D eigenvalue weighted by molar-refractivity contribution is 7.97. The van der Waals surface area contributed by atoms with E-state index in [1.165, 1.54) is 31.4 Å². The fourth-order valence-electron chi connectivity index (χ4n) is 1.11. The van der Waals surface area contributed by atoms with E-state index < -0.39 is 0 Å². The van der Waals surface area contributed by atoms with Crippen LogP contribution in [0.2, 0.25) is 0 Å². The summed E-state index contributed by atoms with van der Waals surface area (Å²) in [6, 6.07) is 0. The number of nitrogens with one attached hydrogen (secondary N) is 1. The largest absolute Gasteiger partial charge is 0.369 e. The number of unbranched alkanes of at least 4 members (excludes halogenated alkanes) is 2. The number of rotatable bonds is 11. The molecule has 0 spiro atoms. The standard InChI is InChI=1S/C12H28N4S2/c1-4-6-10-17-15-12(13)14-8-9-16(3)18-11-7-5-2/h4-11H2,1-3H3,(H3,13,14,15). The minimum absolute atomic E-state index is 0.545. The van der Waals surface area contributed by atoms with E-state index in [1.807, 2.05) is 11.9 Å². The monoisotopic (exact) mass is 292 g/mol. The third-order valence-electron chi connectivity index (χ3n) is 2.28. The van der Waals surface area contributed by atoms with Gasteiger partial charge in [0.2, 0.25) is 0 Å². The zero-order chi connectivity index (χ0) is 13.6. The van der Waals surface area contributed by atoms with E-state index in [0.29, 0.717) is 5.96 Å². The maximum atomic E-state index is 5.76. The number of guanidine groups is 1. The van der Waals surface area contributed by atoms with Crippen LogP contribution in [0.25, 0.3) is 0 Å². The van der Waals surface area contributed by atoms with Gasteiger partial charge in [-0.2, -0.15) is 0 Å². The highest BCUT2D eigenvalue weighted by atomic mass is 32.2. The summed E-state index contributed by atoms with van der Waals surface area (Å²) in [7, 11) is 2.11. The van der Waals surface area contributed by atoms with Gasteiger partial charge in [-0.05, 0) is 19.9 Å². The Labute approximate surface area is 121 Å². The van der Waals surface area contributed by atoms with Crippen molar-refractivity contribution >= 4 is 29.9 Å². The summed E-state index contributed by atoms with van der Waals surface area (Å²) in [6.07, 6.45) is 4.95. The number of hydrogen-bond donors (Lipinski definition) is 2. The van der Waals surface area contributed by atoms with E-state index in [4.69, 9.17) is 5.73 Å². The molecule has 4 nitrogen and oxygen atoms in total. The lowest BCUT2D eigenvalue weighted by atomic mass is 10.4. The van der Waals surface area contributed by atoms with Crippen LogP contribution in [0, 0.1) is 0 Å². The van der Waals surface area contributed by atoms with Crippen LogP contribution in [-0.2, 0) is 0 Å². The normalized spacial score (nSPS) is 12.1. The molecular weight excluding hydrogens is 264 g/mol. The Hall–Kier alpha value is -0.0700. The van der Waals surface area contributed by atoms with Gasteiger partial charge in [0.05, 0.1) is 6.54 Å². The van der Waals surface area contributed by atoms with E-state index in [9.17, 15) is 0 Å². The first kappa shape index (κ1) is 17.9. The highest BCUT2D eigenvalue weighted by Crippen LogP contribution is 2.08. The Bertz CT molecular complexity index is 212. The molecule has 0 radical (unpaired) electrons. The molecule has 0 heterocycles. The maximum Gasteiger partial charge on any atom is 0.198 e. The Kier molecular flexibility index (Phi) is 13.3. The second-order valence-electron chi connectivity index (χ2n) is 4.11. The van der Waals surface area contributed by atoms with Gasteiger partial charge in [0.15, 0.2) is 5.96 Å². The predicted octanol–water partition coefficient (Wildman–Crippen LogP) is 2.72. The Morgan fingerprint density at radius 2 is 1.89 bits per heavy atom. The van der Waals surface area contributed by atoms with Crippen molar-refractivity contribution in [2.45, 2.75) is 39.5 Å². The molecule has 18 heavy (non-hydrogen) atoms. The summed E-state index contributed by atoms with van der Waals surface area (Å²) >= 11 is 3.51.